The summed E-state index contributed by atoms with van der Waals surface area (Å²) in [5.41, 5.74) is 4.98. The van der Waals surface area contributed by atoms with E-state index in [9.17, 15) is 5.11 Å². The van der Waals surface area contributed by atoms with Crippen molar-refractivity contribution < 1.29 is 5.11 Å². The molecule has 5 heteroatoms. The first-order valence-corrected chi connectivity index (χ1v) is 11.5. The largest absolute Gasteiger partial charge is 0.507 e. The number of nitrogens with zero attached hydrogens (tertiary/aromatic N) is 3. The molecule has 0 radical (unpaired) electrons. The smallest absolute Gasteiger partial charge is 0.129 e. The second-order valence-corrected chi connectivity index (χ2v) is 9.08. The van der Waals surface area contributed by atoms with E-state index in [0.29, 0.717) is 6.04 Å². The summed E-state index contributed by atoms with van der Waals surface area (Å²) >= 11 is 1.74. The Balaban J connectivity index is 1.80. The van der Waals surface area contributed by atoms with Gasteiger partial charge in [0.25, 0.3) is 0 Å². The van der Waals surface area contributed by atoms with Crippen LogP contribution >= 0.6 is 11.8 Å². The zero-order valence-corrected chi connectivity index (χ0v) is 18.9. The number of likely N-dealkylation sites (N-methyl/N-ethyl adjacent to an activating group) is 1. The molecule has 156 valence electrons. The van der Waals surface area contributed by atoms with Crippen molar-refractivity contribution in [1.29, 1.82) is 0 Å². The topological polar surface area (TPSA) is 39.6 Å². The Hall–Kier alpha value is -2.50. The van der Waals surface area contributed by atoms with Gasteiger partial charge in [-0.3, -0.25) is 0 Å². The highest BCUT2D eigenvalue weighted by Crippen LogP contribution is 2.35. The van der Waals surface area contributed by atoms with Gasteiger partial charge in [0.1, 0.15) is 11.6 Å². The third-order valence-corrected chi connectivity index (χ3v) is 6.62. The van der Waals surface area contributed by atoms with Crippen molar-refractivity contribution in [3.63, 3.8) is 0 Å². The highest BCUT2D eigenvalue weighted by atomic mass is 32.2. The number of benzene rings is 2. The van der Waals surface area contributed by atoms with E-state index in [2.05, 4.69) is 66.5 Å². The maximum Gasteiger partial charge on any atom is 0.129 e. The lowest BCUT2D eigenvalue weighted by atomic mass is 10.0. The molecule has 1 aliphatic heterocycles. The molecule has 4 nitrogen and oxygen atoms in total. The van der Waals surface area contributed by atoms with Crippen molar-refractivity contribution in [3.8, 4) is 28.1 Å². The van der Waals surface area contributed by atoms with Gasteiger partial charge in [-0.15, -0.1) is 11.8 Å². The standard InChI is InChI=1S/C25H29N3OS/c1-17-5-10-24(29)22(13-17)23-14-19(18-6-8-21(30-4)9-7-18)15-25(26-23)28-12-11-20(16-28)27(2)3/h5-10,13-15,20,29H,11-12,16H2,1-4H3. The predicted octanol–water partition coefficient (Wildman–Crippen LogP) is 5.29. The molecule has 3 aromatic rings. The Kier molecular flexibility index (Phi) is 6.02. The Morgan fingerprint density at radius 1 is 1.03 bits per heavy atom. The molecule has 1 saturated heterocycles. The Morgan fingerprint density at radius 2 is 1.80 bits per heavy atom. The van der Waals surface area contributed by atoms with Gasteiger partial charge in [0.2, 0.25) is 0 Å². The summed E-state index contributed by atoms with van der Waals surface area (Å²) in [5.74, 6) is 1.24. The normalized spacial score (nSPS) is 16.4. The van der Waals surface area contributed by atoms with Crippen molar-refractivity contribution in [2.75, 3.05) is 38.3 Å². The van der Waals surface area contributed by atoms with E-state index in [-0.39, 0.29) is 5.75 Å². The summed E-state index contributed by atoms with van der Waals surface area (Å²) in [6.07, 6.45) is 3.22. The van der Waals surface area contributed by atoms with Crippen LogP contribution in [0.2, 0.25) is 0 Å². The summed E-state index contributed by atoms with van der Waals surface area (Å²) in [7, 11) is 4.28. The summed E-state index contributed by atoms with van der Waals surface area (Å²) < 4.78 is 0. The van der Waals surface area contributed by atoms with Crippen LogP contribution in [0.4, 0.5) is 5.82 Å². The molecule has 0 aliphatic carbocycles. The third kappa shape index (κ3) is 4.32. The lowest BCUT2D eigenvalue weighted by molar-refractivity contribution is 0.315. The van der Waals surface area contributed by atoms with Crippen LogP contribution in [-0.4, -0.2) is 54.5 Å². The zero-order valence-electron chi connectivity index (χ0n) is 18.1. The van der Waals surface area contributed by atoms with Crippen LogP contribution in [0.15, 0.2) is 59.5 Å². The number of hydrogen-bond donors (Lipinski definition) is 1. The third-order valence-electron chi connectivity index (χ3n) is 5.88. The highest BCUT2D eigenvalue weighted by molar-refractivity contribution is 7.98. The SMILES string of the molecule is CSc1ccc(-c2cc(-c3cc(C)ccc3O)nc(N3CCC(N(C)C)C3)c2)cc1. The zero-order chi connectivity index (χ0) is 21.3. The van der Waals surface area contributed by atoms with Crippen molar-refractivity contribution >= 4 is 17.6 Å². The maximum absolute atomic E-state index is 10.5. The number of thioether (sulfide) groups is 1. The molecule has 1 aliphatic rings. The summed E-state index contributed by atoms with van der Waals surface area (Å²) in [4.78, 5) is 10.9. The molecule has 30 heavy (non-hydrogen) atoms. The number of pyridine rings is 1. The molecule has 1 N–H and O–H groups in total. The van der Waals surface area contributed by atoms with Gasteiger partial charge in [0.15, 0.2) is 0 Å². The highest BCUT2D eigenvalue weighted by Gasteiger charge is 2.25. The van der Waals surface area contributed by atoms with Gasteiger partial charge < -0.3 is 14.9 Å². The van der Waals surface area contributed by atoms with Gasteiger partial charge in [-0.25, -0.2) is 4.98 Å². The predicted molar refractivity (Wildman–Crippen MR) is 128 cm³/mol. The molecule has 2 aromatic carbocycles. The molecule has 1 atom stereocenters. The number of aryl methyl sites for hydroxylation is 1. The number of anilines is 1. The molecule has 1 fully saturated rings. The van der Waals surface area contributed by atoms with E-state index in [0.717, 1.165) is 53.3 Å². The molecule has 0 saturated carbocycles. The first-order valence-electron chi connectivity index (χ1n) is 10.3. The first-order chi connectivity index (χ1) is 14.4. The number of hydrogen-bond acceptors (Lipinski definition) is 5. The number of aromatic hydroxyl groups is 1. The van der Waals surface area contributed by atoms with Crippen LogP contribution in [0.1, 0.15) is 12.0 Å². The number of aromatic nitrogens is 1. The average Bonchev–Trinajstić information content (AvgIpc) is 3.26. The first kappa shape index (κ1) is 20.8. The quantitative estimate of drug-likeness (QED) is 0.569. The van der Waals surface area contributed by atoms with E-state index in [1.807, 2.05) is 19.1 Å². The van der Waals surface area contributed by atoms with Crippen molar-refractivity contribution in [2.45, 2.75) is 24.3 Å². The van der Waals surface area contributed by atoms with E-state index < -0.39 is 0 Å². The van der Waals surface area contributed by atoms with E-state index >= 15 is 0 Å². The van der Waals surface area contributed by atoms with E-state index in [1.54, 1.807) is 17.8 Å². The molecule has 0 amide bonds. The van der Waals surface area contributed by atoms with Gasteiger partial charge in [0.05, 0.1) is 5.69 Å². The minimum atomic E-state index is 0.265. The minimum Gasteiger partial charge on any atom is -0.507 e. The number of phenolic OH excluding ortho intramolecular Hbond substituents is 1. The monoisotopic (exact) mass is 419 g/mol. The lowest BCUT2D eigenvalue weighted by Gasteiger charge is -2.22. The number of phenols is 1. The second-order valence-electron chi connectivity index (χ2n) is 8.20. The molecule has 1 unspecified atom stereocenters. The van der Waals surface area contributed by atoms with Gasteiger partial charge in [0, 0.05) is 29.6 Å². The molecular formula is C25H29N3OS. The van der Waals surface area contributed by atoms with Gasteiger partial charge >= 0.3 is 0 Å². The minimum absolute atomic E-state index is 0.265. The van der Waals surface area contributed by atoms with Crippen molar-refractivity contribution in [1.82, 2.24) is 9.88 Å². The fourth-order valence-corrected chi connectivity index (χ4v) is 4.40. The van der Waals surface area contributed by atoms with Crippen LogP contribution in [0.3, 0.4) is 0 Å². The van der Waals surface area contributed by atoms with Crippen LogP contribution < -0.4 is 4.90 Å². The van der Waals surface area contributed by atoms with Crippen LogP contribution in [0, 0.1) is 6.92 Å². The van der Waals surface area contributed by atoms with Gasteiger partial charge in [-0.1, -0.05) is 23.8 Å². The Labute approximate surface area is 183 Å². The van der Waals surface area contributed by atoms with Gasteiger partial charge in [-0.2, -0.15) is 0 Å². The second kappa shape index (κ2) is 8.70. The number of rotatable bonds is 5. The fraction of sp³-hybridized carbons (Fsp3) is 0.320. The molecule has 0 spiro atoms. The van der Waals surface area contributed by atoms with Crippen LogP contribution in [0.25, 0.3) is 22.4 Å². The van der Waals surface area contributed by atoms with Crippen LogP contribution in [0.5, 0.6) is 5.75 Å². The molecule has 0 bridgehead atoms. The summed E-state index contributed by atoms with van der Waals surface area (Å²) in [6.45, 7) is 4.00. The van der Waals surface area contributed by atoms with E-state index in [4.69, 9.17) is 4.98 Å². The lowest BCUT2D eigenvalue weighted by Crippen LogP contribution is -2.31. The molecule has 2 heterocycles. The Bertz CT molecular complexity index is 1030. The van der Waals surface area contributed by atoms with Crippen molar-refractivity contribution in [3.05, 3.63) is 60.2 Å². The fourth-order valence-electron chi connectivity index (χ4n) is 3.99. The van der Waals surface area contributed by atoms with Gasteiger partial charge in [-0.05, 0) is 81.2 Å². The Morgan fingerprint density at radius 3 is 2.47 bits per heavy atom. The molecule has 4 rings (SSSR count). The van der Waals surface area contributed by atoms with Crippen LogP contribution in [-0.2, 0) is 0 Å². The summed E-state index contributed by atoms with van der Waals surface area (Å²) in [6, 6.07) is 19.1. The maximum atomic E-state index is 10.5. The average molecular weight is 420 g/mol. The summed E-state index contributed by atoms with van der Waals surface area (Å²) in [5, 5.41) is 10.5. The molecular weight excluding hydrogens is 390 g/mol. The van der Waals surface area contributed by atoms with Crippen molar-refractivity contribution in [2.24, 2.45) is 0 Å². The van der Waals surface area contributed by atoms with E-state index in [1.165, 1.54) is 4.90 Å². The molecule has 1 aromatic heterocycles.